The molecule has 2 rings (SSSR count). The quantitative estimate of drug-likeness (QED) is 0.902. The van der Waals surface area contributed by atoms with Crippen molar-refractivity contribution in [2.75, 3.05) is 30.4 Å². The number of anilines is 2. The molecule has 0 saturated heterocycles. The zero-order chi connectivity index (χ0) is 15.5. The normalized spacial score (nSPS) is 11.5. The highest BCUT2D eigenvalue weighted by Gasteiger charge is 2.30. The molecule has 0 atom stereocenters. The summed E-state index contributed by atoms with van der Waals surface area (Å²) in [5.74, 6) is 0.338. The highest BCUT2D eigenvalue weighted by Crippen LogP contribution is 2.19. The third-order valence-electron chi connectivity index (χ3n) is 2.44. The van der Waals surface area contributed by atoms with Crippen molar-refractivity contribution in [3.05, 3.63) is 18.7 Å². The molecule has 0 unspecified atom stereocenters. The van der Waals surface area contributed by atoms with Crippen LogP contribution in [0.2, 0.25) is 0 Å². The molecular weight excluding hydrogens is 287 g/mol. The third-order valence-corrected chi connectivity index (χ3v) is 2.44. The fraction of sp³-hybridized carbons (Fsp3) is 0.455. The van der Waals surface area contributed by atoms with Gasteiger partial charge in [0, 0.05) is 26.0 Å². The molecule has 2 aromatic heterocycles. The average molecular weight is 301 g/mol. The Labute approximate surface area is 118 Å². The maximum absolute atomic E-state index is 12.5. The van der Waals surface area contributed by atoms with Crippen LogP contribution in [-0.4, -0.2) is 50.8 Å². The summed E-state index contributed by atoms with van der Waals surface area (Å²) >= 11 is 0. The number of aromatic nitrogens is 5. The van der Waals surface area contributed by atoms with Crippen LogP contribution in [0.1, 0.15) is 6.92 Å². The largest absolute Gasteiger partial charge is 0.406 e. The number of halogens is 3. The van der Waals surface area contributed by atoms with E-state index in [1.807, 2.05) is 6.92 Å². The molecule has 0 aliphatic carbocycles. The molecule has 0 bridgehead atoms. The zero-order valence-corrected chi connectivity index (χ0v) is 11.5. The summed E-state index contributed by atoms with van der Waals surface area (Å²) in [6, 6.07) is 0. The summed E-state index contributed by atoms with van der Waals surface area (Å²) in [5, 5.41) is 2.86. The van der Waals surface area contributed by atoms with Gasteiger partial charge in [-0.05, 0) is 6.92 Å². The van der Waals surface area contributed by atoms with Crippen LogP contribution < -0.4 is 10.2 Å². The van der Waals surface area contributed by atoms with Crippen LogP contribution in [0.15, 0.2) is 18.7 Å². The van der Waals surface area contributed by atoms with Gasteiger partial charge in [0.2, 0.25) is 17.8 Å². The van der Waals surface area contributed by atoms with Crippen LogP contribution in [0.4, 0.5) is 25.1 Å². The second-order valence-electron chi connectivity index (χ2n) is 4.23. The Morgan fingerprint density at radius 1 is 1.29 bits per heavy atom. The molecule has 0 aliphatic heterocycles. The van der Waals surface area contributed by atoms with Crippen molar-refractivity contribution in [2.24, 2.45) is 0 Å². The van der Waals surface area contributed by atoms with Gasteiger partial charge in [-0.1, -0.05) is 0 Å². The van der Waals surface area contributed by atoms with Crippen molar-refractivity contribution in [3.8, 4) is 5.95 Å². The molecule has 10 heteroatoms. The van der Waals surface area contributed by atoms with E-state index < -0.39 is 12.7 Å². The van der Waals surface area contributed by atoms with E-state index in [-0.39, 0.29) is 17.8 Å². The van der Waals surface area contributed by atoms with Crippen LogP contribution in [0.5, 0.6) is 0 Å². The van der Waals surface area contributed by atoms with Gasteiger partial charge in [-0.3, -0.25) is 4.57 Å². The van der Waals surface area contributed by atoms with Crippen molar-refractivity contribution in [2.45, 2.75) is 13.1 Å². The van der Waals surface area contributed by atoms with Crippen LogP contribution in [-0.2, 0) is 0 Å². The van der Waals surface area contributed by atoms with Gasteiger partial charge < -0.3 is 10.2 Å². The SMILES string of the molecule is CCNc1nc(N(C)CC(F)(F)F)nc(-n2ccnc2)n1. The van der Waals surface area contributed by atoms with Crippen molar-refractivity contribution in [1.82, 2.24) is 24.5 Å². The Morgan fingerprint density at radius 3 is 2.62 bits per heavy atom. The van der Waals surface area contributed by atoms with Crippen LogP contribution >= 0.6 is 0 Å². The Balaban J connectivity index is 2.36. The fourth-order valence-electron chi connectivity index (χ4n) is 1.59. The van der Waals surface area contributed by atoms with Gasteiger partial charge in [0.1, 0.15) is 12.9 Å². The molecule has 21 heavy (non-hydrogen) atoms. The minimum absolute atomic E-state index is 0.0676. The number of imidazole rings is 1. The number of hydrogen-bond acceptors (Lipinski definition) is 6. The van der Waals surface area contributed by atoms with Gasteiger partial charge in [-0.25, -0.2) is 4.98 Å². The molecule has 0 amide bonds. The van der Waals surface area contributed by atoms with Gasteiger partial charge in [-0.2, -0.15) is 28.1 Å². The summed E-state index contributed by atoms with van der Waals surface area (Å²) in [6.45, 7) is 1.22. The molecule has 2 heterocycles. The minimum Gasteiger partial charge on any atom is -0.354 e. The predicted octanol–water partition coefficient (Wildman–Crippen LogP) is 1.49. The molecule has 1 N–H and O–H groups in total. The van der Waals surface area contributed by atoms with E-state index in [2.05, 4.69) is 25.3 Å². The Morgan fingerprint density at radius 2 is 2.05 bits per heavy atom. The van der Waals surface area contributed by atoms with E-state index >= 15 is 0 Å². The second-order valence-corrected chi connectivity index (χ2v) is 4.23. The van der Waals surface area contributed by atoms with Crippen molar-refractivity contribution in [3.63, 3.8) is 0 Å². The van der Waals surface area contributed by atoms with E-state index in [1.165, 1.54) is 24.1 Å². The van der Waals surface area contributed by atoms with Crippen LogP contribution in [0.3, 0.4) is 0 Å². The molecule has 0 spiro atoms. The summed E-state index contributed by atoms with van der Waals surface area (Å²) in [4.78, 5) is 16.9. The highest BCUT2D eigenvalue weighted by atomic mass is 19.4. The zero-order valence-electron chi connectivity index (χ0n) is 11.5. The molecule has 0 radical (unpaired) electrons. The second kappa shape index (κ2) is 5.94. The summed E-state index contributed by atoms with van der Waals surface area (Å²) in [7, 11) is 1.27. The first-order valence-corrected chi connectivity index (χ1v) is 6.15. The minimum atomic E-state index is -4.34. The lowest BCUT2D eigenvalue weighted by Gasteiger charge is -2.19. The summed E-state index contributed by atoms with van der Waals surface area (Å²) < 4.78 is 38.9. The number of alkyl halides is 3. The lowest BCUT2D eigenvalue weighted by molar-refractivity contribution is -0.119. The molecule has 0 fully saturated rings. The van der Waals surface area contributed by atoms with E-state index in [0.717, 1.165) is 4.90 Å². The van der Waals surface area contributed by atoms with E-state index in [9.17, 15) is 13.2 Å². The Hall–Kier alpha value is -2.39. The average Bonchev–Trinajstić information content (AvgIpc) is 2.90. The molecule has 0 saturated carbocycles. The number of nitrogens with zero attached hydrogens (tertiary/aromatic N) is 6. The standard InChI is InChI=1S/C11H14F3N7/c1-3-16-8-17-9(20(2)6-11(12,13)14)19-10(18-8)21-5-4-15-7-21/h4-5,7H,3,6H2,1-2H3,(H,16,17,18,19). The molecule has 0 aromatic carbocycles. The van der Waals surface area contributed by atoms with Crippen molar-refractivity contribution >= 4 is 11.9 Å². The van der Waals surface area contributed by atoms with Gasteiger partial charge in [0.15, 0.2) is 0 Å². The monoisotopic (exact) mass is 301 g/mol. The van der Waals surface area contributed by atoms with Gasteiger partial charge >= 0.3 is 6.18 Å². The van der Waals surface area contributed by atoms with E-state index in [4.69, 9.17) is 0 Å². The number of nitrogens with one attached hydrogen (secondary N) is 1. The molecule has 7 nitrogen and oxygen atoms in total. The van der Waals surface area contributed by atoms with Crippen molar-refractivity contribution < 1.29 is 13.2 Å². The number of hydrogen-bond donors (Lipinski definition) is 1. The van der Waals surface area contributed by atoms with Crippen molar-refractivity contribution in [1.29, 1.82) is 0 Å². The van der Waals surface area contributed by atoms with E-state index in [1.54, 1.807) is 6.20 Å². The van der Waals surface area contributed by atoms with Crippen LogP contribution in [0.25, 0.3) is 5.95 Å². The smallest absolute Gasteiger partial charge is 0.354 e. The van der Waals surface area contributed by atoms with Gasteiger partial charge in [0.25, 0.3) is 0 Å². The molecule has 0 aliphatic rings. The Kier molecular flexibility index (Phi) is 4.24. The van der Waals surface area contributed by atoms with E-state index in [0.29, 0.717) is 6.54 Å². The molecule has 114 valence electrons. The first kappa shape index (κ1) is 15.0. The molecular formula is C11H14F3N7. The summed E-state index contributed by atoms with van der Waals surface area (Å²) in [6.07, 6.45) is 0.238. The fourth-order valence-corrected chi connectivity index (χ4v) is 1.59. The number of rotatable bonds is 5. The van der Waals surface area contributed by atoms with Gasteiger partial charge in [0.05, 0.1) is 0 Å². The maximum Gasteiger partial charge on any atom is 0.406 e. The topological polar surface area (TPSA) is 71.8 Å². The Bertz CT molecular complexity index is 582. The summed E-state index contributed by atoms with van der Waals surface area (Å²) in [5.41, 5.74) is 0. The first-order chi connectivity index (χ1) is 9.89. The third kappa shape index (κ3) is 4.04. The first-order valence-electron chi connectivity index (χ1n) is 6.15. The predicted molar refractivity (Wildman–Crippen MR) is 70.4 cm³/mol. The lowest BCUT2D eigenvalue weighted by Crippen LogP contribution is -2.32. The lowest BCUT2D eigenvalue weighted by atomic mass is 10.5. The molecule has 2 aromatic rings. The van der Waals surface area contributed by atoms with Crippen LogP contribution in [0, 0.1) is 0 Å². The maximum atomic E-state index is 12.5. The highest BCUT2D eigenvalue weighted by molar-refractivity contribution is 5.39. The van der Waals surface area contributed by atoms with Gasteiger partial charge in [-0.15, -0.1) is 0 Å².